The SMILES string of the molecule is COCc1ccc(C2(O)CCNCC2)nc1. The molecule has 2 rings (SSSR count). The number of aliphatic hydroxyl groups is 1. The maximum atomic E-state index is 10.4. The molecule has 0 aliphatic carbocycles. The molecular formula is C12H18N2O2. The second-order valence-corrected chi connectivity index (χ2v) is 4.27. The van der Waals surface area contributed by atoms with Crippen LogP contribution >= 0.6 is 0 Å². The summed E-state index contributed by atoms with van der Waals surface area (Å²) in [5.41, 5.74) is 1.05. The van der Waals surface area contributed by atoms with Crippen LogP contribution in [-0.2, 0) is 16.9 Å². The van der Waals surface area contributed by atoms with Crippen LogP contribution in [0.2, 0.25) is 0 Å². The number of rotatable bonds is 3. The van der Waals surface area contributed by atoms with Crippen LogP contribution in [0.3, 0.4) is 0 Å². The molecule has 2 heterocycles. The highest BCUT2D eigenvalue weighted by Gasteiger charge is 2.32. The first-order chi connectivity index (χ1) is 7.74. The summed E-state index contributed by atoms with van der Waals surface area (Å²) in [5.74, 6) is 0. The molecule has 4 heteroatoms. The van der Waals surface area contributed by atoms with Crippen molar-refractivity contribution in [2.24, 2.45) is 0 Å². The van der Waals surface area contributed by atoms with E-state index >= 15 is 0 Å². The topological polar surface area (TPSA) is 54.4 Å². The normalized spacial score (nSPS) is 19.6. The van der Waals surface area contributed by atoms with Gasteiger partial charge < -0.3 is 15.2 Å². The zero-order valence-corrected chi connectivity index (χ0v) is 9.57. The van der Waals surface area contributed by atoms with Gasteiger partial charge in [-0.25, -0.2) is 0 Å². The Morgan fingerprint density at radius 3 is 2.75 bits per heavy atom. The van der Waals surface area contributed by atoms with Gasteiger partial charge in [-0.3, -0.25) is 4.98 Å². The molecule has 0 radical (unpaired) electrons. The number of pyridine rings is 1. The molecular weight excluding hydrogens is 204 g/mol. The highest BCUT2D eigenvalue weighted by atomic mass is 16.5. The lowest BCUT2D eigenvalue weighted by Crippen LogP contribution is -2.40. The number of nitrogens with one attached hydrogen (secondary N) is 1. The lowest BCUT2D eigenvalue weighted by Gasteiger charge is -2.32. The molecule has 4 nitrogen and oxygen atoms in total. The molecule has 0 bridgehead atoms. The van der Waals surface area contributed by atoms with E-state index < -0.39 is 5.60 Å². The molecule has 0 amide bonds. The van der Waals surface area contributed by atoms with Crippen LogP contribution in [-0.4, -0.2) is 30.3 Å². The predicted octanol–water partition coefficient (Wildman–Crippen LogP) is 0.799. The van der Waals surface area contributed by atoms with Gasteiger partial charge in [0.2, 0.25) is 0 Å². The van der Waals surface area contributed by atoms with E-state index in [2.05, 4.69) is 10.3 Å². The minimum absolute atomic E-state index is 0.563. The minimum Gasteiger partial charge on any atom is -0.383 e. The standard InChI is InChI=1S/C12H18N2O2/c1-16-9-10-2-3-11(14-8-10)12(15)4-6-13-7-5-12/h2-3,8,13,15H,4-7,9H2,1H3. The van der Waals surface area contributed by atoms with Gasteiger partial charge in [-0.2, -0.15) is 0 Å². The first kappa shape index (κ1) is 11.5. The summed E-state index contributed by atoms with van der Waals surface area (Å²) in [6.07, 6.45) is 3.23. The predicted molar refractivity (Wildman–Crippen MR) is 61.0 cm³/mol. The summed E-state index contributed by atoms with van der Waals surface area (Å²) in [7, 11) is 1.66. The monoisotopic (exact) mass is 222 g/mol. The Balaban J connectivity index is 2.13. The van der Waals surface area contributed by atoms with Crippen molar-refractivity contribution in [1.29, 1.82) is 0 Å². The highest BCUT2D eigenvalue weighted by Crippen LogP contribution is 2.28. The number of hydrogen-bond donors (Lipinski definition) is 2. The molecule has 0 unspecified atom stereocenters. The average molecular weight is 222 g/mol. The molecule has 1 aromatic heterocycles. The highest BCUT2D eigenvalue weighted by molar-refractivity contribution is 5.19. The second-order valence-electron chi connectivity index (χ2n) is 4.27. The van der Waals surface area contributed by atoms with Gasteiger partial charge in [0.15, 0.2) is 0 Å². The maximum Gasteiger partial charge on any atom is 0.109 e. The van der Waals surface area contributed by atoms with E-state index in [1.165, 1.54) is 0 Å². The number of nitrogens with zero attached hydrogens (tertiary/aromatic N) is 1. The fraction of sp³-hybridized carbons (Fsp3) is 0.583. The molecule has 1 aromatic rings. The first-order valence-corrected chi connectivity index (χ1v) is 5.62. The van der Waals surface area contributed by atoms with E-state index in [-0.39, 0.29) is 0 Å². The van der Waals surface area contributed by atoms with Gasteiger partial charge in [-0.15, -0.1) is 0 Å². The Morgan fingerprint density at radius 1 is 1.44 bits per heavy atom. The minimum atomic E-state index is -0.753. The van der Waals surface area contributed by atoms with Crippen molar-refractivity contribution >= 4 is 0 Å². The van der Waals surface area contributed by atoms with E-state index in [4.69, 9.17) is 4.74 Å². The first-order valence-electron chi connectivity index (χ1n) is 5.62. The zero-order valence-electron chi connectivity index (χ0n) is 9.57. The van der Waals surface area contributed by atoms with Crippen LogP contribution in [0.25, 0.3) is 0 Å². The Morgan fingerprint density at radius 2 is 2.19 bits per heavy atom. The summed E-state index contributed by atoms with van der Waals surface area (Å²) in [4.78, 5) is 4.33. The Hall–Kier alpha value is -0.970. The summed E-state index contributed by atoms with van der Waals surface area (Å²) >= 11 is 0. The lowest BCUT2D eigenvalue weighted by molar-refractivity contribution is 0.00181. The van der Waals surface area contributed by atoms with Gasteiger partial charge in [-0.1, -0.05) is 6.07 Å². The van der Waals surface area contributed by atoms with Crippen molar-refractivity contribution in [3.63, 3.8) is 0 Å². The smallest absolute Gasteiger partial charge is 0.109 e. The number of aromatic nitrogens is 1. The maximum absolute atomic E-state index is 10.4. The van der Waals surface area contributed by atoms with Gasteiger partial charge in [-0.05, 0) is 37.6 Å². The molecule has 1 fully saturated rings. The molecule has 0 aromatic carbocycles. The summed E-state index contributed by atoms with van der Waals surface area (Å²) < 4.78 is 5.03. The Bertz CT molecular complexity index is 331. The number of hydrogen-bond acceptors (Lipinski definition) is 4. The zero-order chi connectivity index (χ0) is 11.4. The van der Waals surface area contributed by atoms with Crippen molar-refractivity contribution in [3.8, 4) is 0 Å². The summed E-state index contributed by atoms with van der Waals surface area (Å²) in [6.45, 7) is 2.25. The van der Waals surface area contributed by atoms with Crippen LogP contribution in [0.15, 0.2) is 18.3 Å². The average Bonchev–Trinajstić information content (AvgIpc) is 2.31. The van der Waals surface area contributed by atoms with Crippen molar-refractivity contribution < 1.29 is 9.84 Å². The van der Waals surface area contributed by atoms with Crippen molar-refractivity contribution in [1.82, 2.24) is 10.3 Å². The molecule has 1 aliphatic rings. The Kier molecular flexibility index (Phi) is 3.53. The lowest BCUT2D eigenvalue weighted by atomic mass is 9.88. The molecule has 1 saturated heterocycles. The quantitative estimate of drug-likeness (QED) is 0.794. The van der Waals surface area contributed by atoms with E-state index in [1.54, 1.807) is 13.3 Å². The fourth-order valence-corrected chi connectivity index (χ4v) is 2.05. The fourth-order valence-electron chi connectivity index (χ4n) is 2.05. The Labute approximate surface area is 95.7 Å². The van der Waals surface area contributed by atoms with E-state index in [9.17, 15) is 5.11 Å². The number of piperidine rings is 1. The number of ether oxygens (including phenoxy) is 1. The summed E-state index contributed by atoms with van der Waals surface area (Å²) in [6, 6.07) is 3.87. The van der Waals surface area contributed by atoms with Gasteiger partial charge in [0.25, 0.3) is 0 Å². The third kappa shape index (κ3) is 2.40. The van der Waals surface area contributed by atoms with E-state index in [1.807, 2.05) is 12.1 Å². The molecule has 0 spiro atoms. The van der Waals surface area contributed by atoms with Gasteiger partial charge in [0, 0.05) is 13.3 Å². The van der Waals surface area contributed by atoms with Crippen molar-refractivity contribution in [3.05, 3.63) is 29.6 Å². The summed E-state index contributed by atoms with van der Waals surface area (Å²) in [5, 5.41) is 13.7. The van der Waals surface area contributed by atoms with Gasteiger partial charge in [0.05, 0.1) is 12.3 Å². The largest absolute Gasteiger partial charge is 0.383 e. The molecule has 0 atom stereocenters. The van der Waals surface area contributed by atoms with Crippen LogP contribution in [0, 0.1) is 0 Å². The van der Waals surface area contributed by atoms with Crippen molar-refractivity contribution in [2.75, 3.05) is 20.2 Å². The van der Waals surface area contributed by atoms with Crippen LogP contribution < -0.4 is 5.32 Å². The van der Waals surface area contributed by atoms with E-state index in [0.29, 0.717) is 6.61 Å². The van der Waals surface area contributed by atoms with Gasteiger partial charge >= 0.3 is 0 Å². The van der Waals surface area contributed by atoms with Crippen LogP contribution in [0.5, 0.6) is 0 Å². The molecule has 16 heavy (non-hydrogen) atoms. The third-order valence-corrected chi connectivity index (χ3v) is 3.04. The van der Waals surface area contributed by atoms with Crippen LogP contribution in [0.4, 0.5) is 0 Å². The molecule has 2 N–H and O–H groups in total. The number of methoxy groups -OCH3 is 1. The third-order valence-electron chi connectivity index (χ3n) is 3.04. The van der Waals surface area contributed by atoms with Gasteiger partial charge in [0.1, 0.15) is 5.60 Å². The van der Waals surface area contributed by atoms with Crippen molar-refractivity contribution in [2.45, 2.75) is 25.0 Å². The molecule has 1 aliphatic heterocycles. The van der Waals surface area contributed by atoms with E-state index in [0.717, 1.165) is 37.2 Å². The molecule has 0 saturated carbocycles. The second kappa shape index (κ2) is 4.91. The van der Waals surface area contributed by atoms with Crippen LogP contribution in [0.1, 0.15) is 24.1 Å². The molecule has 88 valence electrons.